The van der Waals surface area contributed by atoms with Crippen LogP contribution in [0.3, 0.4) is 0 Å². The standard InChI is InChI=1S/C13H6F3N/c14-10-3-1-9(7-17)11(6-10)8-2-4-12(15)13(16)5-8/h1-6H. The van der Waals surface area contributed by atoms with E-state index in [0.717, 1.165) is 24.3 Å². The van der Waals surface area contributed by atoms with Crippen molar-refractivity contribution in [3.05, 3.63) is 59.4 Å². The number of hydrogen-bond acceptors (Lipinski definition) is 1. The Morgan fingerprint density at radius 1 is 0.882 bits per heavy atom. The second-order valence-corrected chi connectivity index (χ2v) is 3.43. The summed E-state index contributed by atoms with van der Waals surface area (Å²) in [7, 11) is 0. The first-order valence-corrected chi connectivity index (χ1v) is 4.77. The SMILES string of the molecule is N#Cc1ccc(F)cc1-c1ccc(F)c(F)c1. The summed E-state index contributed by atoms with van der Waals surface area (Å²) < 4.78 is 38.9. The zero-order chi connectivity index (χ0) is 12.4. The van der Waals surface area contributed by atoms with E-state index in [9.17, 15) is 13.2 Å². The Kier molecular flexibility index (Phi) is 2.84. The quantitative estimate of drug-likeness (QED) is 0.737. The minimum atomic E-state index is -1.03. The van der Waals surface area contributed by atoms with Gasteiger partial charge in [0.1, 0.15) is 5.82 Å². The van der Waals surface area contributed by atoms with Crippen molar-refractivity contribution in [2.75, 3.05) is 0 Å². The Morgan fingerprint density at radius 2 is 1.65 bits per heavy atom. The van der Waals surface area contributed by atoms with Gasteiger partial charge in [0, 0.05) is 5.56 Å². The lowest BCUT2D eigenvalue weighted by molar-refractivity contribution is 0.509. The molecule has 0 saturated carbocycles. The molecule has 0 unspecified atom stereocenters. The molecule has 0 amide bonds. The van der Waals surface area contributed by atoms with Crippen LogP contribution in [-0.4, -0.2) is 0 Å². The van der Waals surface area contributed by atoms with E-state index in [1.165, 1.54) is 12.1 Å². The maximum atomic E-state index is 13.1. The van der Waals surface area contributed by atoms with Gasteiger partial charge in [-0.2, -0.15) is 5.26 Å². The highest BCUT2D eigenvalue weighted by Crippen LogP contribution is 2.25. The Labute approximate surface area is 95.7 Å². The molecule has 0 atom stereocenters. The predicted octanol–water partition coefficient (Wildman–Crippen LogP) is 3.64. The molecule has 0 N–H and O–H groups in total. The number of rotatable bonds is 1. The van der Waals surface area contributed by atoms with Gasteiger partial charge in [0.15, 0.2) is 11.6 Å². The molecule has 0 fully saturated rings. The van der Waals surface area contributed by atoms with E-state index in [1.807, 2.05) is 6.07 Å². The topological polar surface area (TPSA) is 23.8 Å². The molecule has 2 rings (SSSR count). The normalized spacial score (nSPS) is 10.0. The van der Waals surface area contributed by atoms with E-state index < -0.39 is 17.5 Å². The van der Waals surface area contributed by atoms with Gasteiger partial charge in [-0.05, 0) is 35.9 Å². The van der Waals surface area contributed by atoms with Gasteiger partial charge in [-0.25, -0.2) is 13.2 Å². The van der Waals surface area contributed by atoms with Crippen LogP contribution in [0.5, 0.6) is 0 Å². The first-order chi connectivity index (χ1) is 8.11. The summed E-state index contributed by atoms with van der Waals surface area (Å²) in [6.07, 6.45) is 0. The summed E-state index contributed by atoms with van der Waals surface area (Å²) in [5, 5.41) is 8.85. The maximum Gasteiger partial charge on any atom is 0.159 e. The van der Waals surface area contributed by atoms with E-state index in [4.69, 9.17) is 5.26 Å². The lowest BCUT2D eigenvalue weighted by Gasteiger charge is -2.05. The third-order valence-corrected chi connectivity index (χ3v) is 2.33. The second-order valence-electron chi connectivity index (χ2n) is 3.43. The van der Waals surface area contributed by atoms with Gasteiger partial charge >= 0.3 is 0 Å². The minimum Gasteiger partial charge on any atom is -0.207 e. The molecule has 0 aromatic heterocycles. The van der Waals surface area contributed by atoms with E-state index in [0.29, 0.717) is 0 Å². The van der Waals surface area contributed by atoms with Crippen molar-refractivity contribution < 1.29 is 13.2 Å². The van der Waals surface area contributed by atoms with Crippen molar-refractivity contribution in [2.45, 2.75) is 0 Å². The third kappa shape index (κ3) is 2.13. The lowest BCUT2D eigenvalue weighted by Crippen LogP contribution is -1.89. The van der Waals surface area contributed by atoms with Crippen LogP contribution in [0.2, 0.25) is 0 Å². The first kappa shape index (κ1) is 11.2. The molecule has 84 valence electrons. The summed E-state index contributed by atoms with van der Waals surface area (Å²) in [6, 6.07) is 8.60. The molecule has 4 heteroatoms. The molecular weight excluding hydrogens is 227 g/mol. The van der Waals surface area contributed by atoms with E-state index >= 15 is 0 Å². The Balaban J connectivity index is 2.63. The molecule has 17 heavy (non-hydrogen) atoms. The first-order valence-electron chi connectivity index (χ1n) is 4.77. The molecule has 1 nitrogen and oxygen atoms in total. The summed E-state index contributed by atoms with van der Waals surface area (Å²) in [4.78, 5) is 0. The van der Waals surface area contributed by atoms with Gasteiger partial charge in [0.05, 0.1) is 11.6 Å². The molecule has 0 radical (unpaired) electrons. The van der Waals surface area contributed by atoms with Gasteiger partial charge < -0.3 is 0 Å². The number of benzene rings is 2. The Hall–Kier alpha value is -2.28. The molecule has 0 saturated heterocycles. The van der Waals surface area contributed by atoms with Crippen molar-refractivity contribution in [3.8, 4) is 17.2 Å². The van der Waals surface area contributed by atoms with Crippen molar-refractivity contribution in [1.82, 2.24) is 0 Å². The van der Waals surface area contributed by atoms with Gasteiger partial charge in [-0.3, -0.25) is 0 Å². The Morgan fingerprint density at radius 3 is 2.29 bits per heavy atom. The van der Waals surface area contributed by atoms with E-state index in [1.54, 1.807) is 0 Å². The van der Waals surface area contributed by atoms with Gasteiger partial charge in [0.2, 0.25) is 0 Å². The number of halogens is 3. The van der Waals surface area contributed by atoms with Crippen molar-refractivity contribution >= 4 is 0 Å². The molecule has 2 aromatic rings. The second kappa shape index (κ2) is 4.30. The van der Waals surface area contributed by atoms with Gasteiger partial charge in [-0.1, -0.05) is 6.07 Å². The van der Waals surface area contributed by atoms with Crippen LogP contribution in [0.15, 0.2) is 36.4 Å². The van der Waals surface area contributed by atoms with E-state index in [2.05, 4.69) is 0 Å². The lowest BCUT2D eigenvalue weighted by atomic mass is 10.00. The van der Waals surface area contributed by atoms with E-state index in [-0.39, 0.29) is 16.7 Å². The average Bonchev–Trinajstić information content (AvgIpc) is 2.32. The van der Waals surface area contributed by atoms with Crippen LogP contribution in [0.4, 0.5) is 13.2 Å². The fourth-order valence-corrected chi connectivity index (χ4v) is 1.52. The smallest absolute Gasteiger partial charge is 0.159 e. The molecule has 0 aliphatic heterocycles. The number of hydrogen-bond donors (Lipinski definition) is 0. The van der Waals surface area contributed by atoms with Crippen LogP contribution < -0.4 is 0 Å². The minimum absolute atomic E-state index is 0.206. The highest BCUT2D eigenvalue weighted by molar-refractivity contribution is 5.70. The molecule has 0 heterocycles. The summed E-state index contributed by atoms with van der Waals surface area (Å²) in [6.45, 7) is 0. The largest absolute Gasteiger partial charge is 0.207 e. The molecule has 2 aromatic carbocycles. The monoisotopic (exact) mass is 233 g/mol. The highest BCUT2D eigenvalue weighted by Gasteiger charge is 2.09. The third-order valence-electron chi connectivity index (χ3n) is 2.33. The Bertz CT molecular complexity index is 615. The van der Waals surface area contributed by atoms with Gasteiger partial charge in [0.25, 0.3) is 0 Å². The molecule has 0 aliphatic carbocycles. The molecular formula is C13H6F3N. The summed E-state index contributed by atoms with van der Waals surface area (Å²) in [5.41, 5.74) is 0.712. The van der Waals surface area contributed by atoms with Crippen molar-refractivity contribution in [1.29, 1.82) is 5.26 Å². The number of nitriles is 1. The average molecular weight is 233 g/mol. The summed E-state index contributed by atoms with van der Waals surface area (Å²) >= 11 is 0. The molecule has 0 spiro atoms. The van der Waals surface area contributed by atoms with Crippen LogP contribution in [0.25, 0.3) is 11.1 Å². The zero-order valence-electron chi connectivity index (χ0n) is 8.55. The number of nitrogens with zero attached hydrogens (tertiary/aromatic N) is 1. The van der Waals surface area contributed by atoms with Crippen LogP contribution >= 0.6 is 0 Å². The van der Waals surface area contributed by atoms with Crippen molar-refractivity contribution in [2.24, 2.45) is 0 Å². The fraction of sp³-hybridized carbons (Fsp3) is 0. The molecule has 0 bridgehead atoms. The zero-order valence-corrected chi connectivity index (χ0v) is 8.55. The van der Waals surface area contributed by atoms with Crippen LogP contribution in [-0.2, 0) is 0 Å². The molecule has 0 aliphatic rings. The van der Waals surface area contributed by atoms with Crippen LogP contribution in [0, 0.1) is 28.8 Å². The van der Waals surface area contributed by atoms with Gasteiger partial charge in [-0.15, -0.1) is 0 Å². The fourth-order valence-electron chi connectivity index (χ4n) is 1.52. The highest BCUT2D eigenvalue weighted by atomic mass is 19.2. The van der Waals surface area contributed by atoms with Crippen molar-refractivity contribution in [3.63, 3.8) is 0 Å². The van der Waals surface area contributed by atoms with Crippen LogP contribution in [0.1, 0.15) is 5.56 Å². The predicted molar refractivity (Wildman–Crippen MR) is 56.5 cm³/mol. The maximum absolute atomic E-state index is 13.1. The summed E-state index contributed by atoms with van der Waals surface area (Å²) in [5.74, 6) is -2.55.